The van der Waals surface area contributed by atoms with E-state index in [1.807, 2.05) is 47.4 Å². The van der Waals surface area contributed by atoms with Crippen molar-refractivity contribution in [2.45, 2.75) is 12.1 Å². The van der Waals surface area contributed by atoms with Crippen molar-refractivity contribution >= 4 is 23.5 Å². The first-order chi connectivity index (χ1) is 14.5. The number of amides is 1. The minimum Gasteiger partial charge on any atom is -0.480 e. The van der Waals surface area contributed by atoms with E-state index in [0.717, 1.165) is 17.7 Å². The van der Waals surface area contributed by atoms with Gasteiger partial charge in [0.05, 0.1) is 12.6 Å². The molecule has 1 fully saturated rings. The van der Waals surface area contributed by atoms with Crippen LogP contribution < -0.4 is 5.73 Å². The van der Waals surface area contributed by atoms with Crippen LogP contribution in [0.25, 0.3) is 0 Å². The summed E-state index contributed by atoms with van der Waals surface area (Å²) >= 11 is 6.08. The number of primary amides is 1. The number of carbonyl (C=O) groups excluding carboxylic acids is 1. The predicted molar refractivity (Wildman–Crippen MR) is 114 cm³/mol. The highest BCUT2D eigenvalue weighted by Crippen LogP contribution is 2.31. The normalized spacial score (nSPS) is 18.8. The van der Waals surface area contributed by atoms with Crippen molar-refractivity contribution < 1.29 is 19.4 Å². The highest BCUT2D eigenvalue weighted by atomic mass is 35.5. The molecule has 0 bridgehead atoms. The van der Waals surface area contributed by atoms with E-state index in [1.165, 1.54) is 0 Å². The van der Waals surface area contributed by atoms with Crippen molar-refractivity contribution in [2.24, 2.45) is 5.73 Å². The minimum absolute atomic E-state index is 0.0317. The lowest BCUT2D eigenvalue weighted by Crippen LogP contribution is -2.59. The third kappa shape index (κ3) is 5.79. The van der Waals surface area contributed by atoms with Gasteiger partial charge in [-0.15, -0.1) is 0 Å². The SMILES string of the molecule is NC(=O)[C@@H]1CN([C@@H](c2ccccc2)c2ccc(Cl)cc2)CCN1CCOCC(=O)O. The van der Waals surface area contributed by atoms with Gasteiger partial charge in [0.15, 0.2) is 0 Å². The van der Waals surface area contributed by atoms with Crippen LogP contribution in [0.2, 0.25) is 5.02 Å². The van der Waals surface area contributed by atoms with Crippen molar-refractivity contribution in [3.8, 4) is 0 Å². The number of carboxylic acids is 1. The summed E-state index contributed by atoms with van der Waals surface area (Å²) in [6.07, 6.45) is 0. The topological polar surface area (TPSA) is 96.1 Å². The second kappa shape index (κ2) is 10.5. The maximum absolute atomic E-state index is 12.2. The zero-order valence-corrected chi connectivity index (χ0v) is 17.4. The molecule has 3 rings (SSSR count). The summed E-state index contributed by atoms with van der Waals surface area (Å²) in [4.78, 5) is 27.0. The van der Waals surface area contributed by atoms with E-state index in [4.69, 9.17) is 27.2 Å². The fourth-order valence-corrected chi connectivity index (χ4v) is 3.98. The van der Waals surface area contributed by atoms with Gasteiger partial charge >= 0.3 is 5.97 Å². The Labute approximate surface area is 181 Å². The summed E-state index contributed by atoms with van der Waals surface area (Å²) in [6, 6.07) is 17.4. The lowest BCUT2D eigenvalue weighted by molar-refractivity contribution is -0.142. The van der Waals surface area contributed by atoms with E-state index < -0.39 is 17.9 Å². The van der Waals surface area contributed by atoms with Gasteiger partial charge in [-0.05, 0) is 23.3 Å². The molecule has 1 aliphatic rings. The van der Waals surface area contributed by atoms with Gasteiger partial charge in [0.25, 0.3) is 0 Å². The van der Waals surface area contributed by atoms with Gasteiger partial charge in [-0.25, -0.2) is 4.79 Å². The van der Waals surface area contributed by atoms with Gasteiger partial charge in [-0.2, -0.15) is 0 Å². The molecule has 2 atom stereocenters. The first-order valence-corrected chi connectivity index (χ1v) is 10.2. The highest BCUT2D eigenvalue weighted by Gasteiger charge is 2.34. The maximum atomic E-state index is 12.2. The molecular formula is C22H26ClN3O4. The lowest BCUT2D eigenvalue weighted by atomic mass is 9.95. The quantitative estimate of drug-likeness (QED) is 0.589. The highest BCUT2D eigenvalue weighted by molar-refractivity contribution is 6.30. The molecule has 2 aromatic rings. The number of carbonyl (C=O) groups is 2. The molecule has 0 spiro atoms. The summed E-state index contributed by atoms with van der Waals surface area (Å²) in [5, 5.41) is 9.37. The molecule has 7 nitrogen and oxygen atoms in total. The number of rotatable bonds is 9. The van der Waals surface area contributed by atoms with Gasteiger partial charge in [0, 0.05) is 31.2 Å². The number of benzene rings is 2. The molecule has 0 radical (unpaired) electrons. The summed E-state index contributed by atoms with van der Waals surface area (Å²) in [7, 11) is 0. The Kier molecular flexibility index (Phi) is 7.81. The predicted octanol–water partition coefficient (Wildman–Crippen LogP) is 2.00. The second-order valence-corrected chi connectivity index (χ2v) is 7.70. The van der Waals surface area contributed by atoms with E-state index in [-0.39, 0.29) is 19.3 Å². The number of hydrogen-bond donors (Lipinski definition) is 2. The van der Waals surface area contributed by atoms with Crippen LogP contribution >= 0.6 is 11.6 Å². The molecule has 8 heteroatoms. The average molecular weight is 432 g/mol. The zero-order chi connectivity index (χ0) is 21.5. The summed E-state index contributed by atoms with van der Waals surface area (Å²) in [6.45, 7) is 2.15. The van der Waals surface area contributed by atoms with Gasteiger partial charge < -0.3 is 15.6 Å². The number of halogens is 1. The summed E-state index contributed by atoms with van der Waals surface area (Å²) in [5.41, 5.74) is 7.93. The van der Waals surface area contributed by atoms with Crippen molar-refractivity contribution in [3.63, 3.8) is 0 Å². The number of aliphatic carboxylic acids is 1. The Hall–Kier alpha value is -2.45. The second-order valence-electron chi connectivity index (χ2n) is 7.26. The lowest BCUT2D eigenvalue weighted by Gasteiger charge is -2.43. The molecule has 0 saturated carbocycles. The number of nitrogens with zero attached hydrogens (tertiary/aromatic N) is 2. The first kappa shape index (κ1) is 22.2. The molecule has 1 aliphatic heterocycles. The van der Waals surface area contributed by atoms with E-state index in [2.05, 4.69) is 17.0 Å². The third-order valence-corrected chi connectivity index (χ3v) is 5.52. The molecule has 2 aromatic carbocycles. The summed E-state index contributed by atoms with van der Waals surface area (Å²) in [5.74, 6) is -1.42. The third-order valence-electron chi connectivity index (χ3n) is 5.27. The molecule has 3 N–H and O–H groups in total. The molecule has 1 saturated heterocycles. The smallest absolute Gasteiger partial charge is 0.329 e. The number of ether oxygens (including phenoxy) is 1. The monoisotopic (exact) mass is 431 g/mol. The Morgan fingerprint density at radius 1 is 1.10 bits per heavy atom. The van der Waals surface area contributed by atoms with Crippen molar-refractivity contribution in [1.82, 2.24) is 9.80 Å². The molecule has 0 aliphatic carbocycles. The molecule has 0 unspecified atom stereocenters. The fourth-order valence-electron chi connectivity index (χ4n) is 3.85. The van der Waals surface area contributed by atoms with Crippen molar-refractivity contribution in [1.29, 1.82) is 0 Å². The van der Waals surface area contributed by atoms with Crippen LogP contribution in [0.1, 0.15) is 17.2 Å². The van der Waals surface area contributed by atoms with Crippen molar-refractivity contribution in [2.75, 3.05) is 39.4 Å². The van der Waals surface area contributed by atoms with Crippen LogP contribution in [0.4, 0.5) is 0 Å². The van der Waals surface area contributed by atoms with Crippen LogP contribution in [0.5, 0.6) is 0 Å². The Bertz CT molecular complexity index is 847. The number of nitrogens with two attached hydrogens (primary N) is 1. The van der Waals surface area contributed by atoms with E-state index >= 15 is 0 Å². The standard InChI is InChI=1S/C22H26ClN3O4/c23-18-8-6-17(7-9-18)21(16-4-2-1-3-5-16)26-11-10-25(19(14-26)22(24)29)12-13-30-15-20(27)28/h1-9,19,21H,10-15H2,(H2,24,29)(H,27,28)/t19-,21-/m0/s1. The molecular weight excluding hydrogens is 406 g/mol. The Balaban J connectivity index is 1.77. The van der Waals surface area contributed by atoms with E-state index in [0.29, 0.717) is 24.7 Å². The average Bonchev–Trinajstić information content (AvgIpc) is 2.74. The summed E-state index contributed by atoms with van der Waals surface area (Å²) < 4.78 is 5.13. The molecule has 30 heavy (non-hydrogen) atoms. The van der Waals surface area contributed by atoms with E-state index in [1.54, 1.807) is 0 Å². The molecule has 160 valence electrons. The van der Waals surface area contributed by atoms with Crippen LogP contribution in [-0.4, -0.2) is 72.2 Å². The van der Waals surface area contributed by atoms with Crippen LogP contribution in [-0.2, 0) is 14.3 Å². The number of piperazine rings is 1. The number of hydrogen-bond acceptors (Lipinski definition) is 5. The Morgan fingerprint density at radius 3 is 2.40 bits per heavy atom. The zero-order valence-electron chi connectivity index (χ0n) is 16.6. The van der Waals surface area contributed by atoms with Gasteiger partial charge in [0.1, 0.15) is 12.6 Å². The van der Waals surface area contributed by atoms with Crippen LogP contribution in [0.3, 0.4) is 0 Å². The molecule has 1 amide bonds. The van der Waals surface area contributed by atoms with Gasteiger partial charge in [-0.3, -0.25) is 14.6 Å². The van der Waals surface area contributed by atoms with Crippen LogP contribution in [0, 0.1) is 0 Å². The van der Waals surface area contributed by atoms with Gasteiger partial charge in [-0.1, -0.05) is 54.1 Å². The van der Waals surface area contributed by atoms with Crippen molar-refractivity contribution in [3.05, 3.63) is 70.7 Å². The molecule has 1 heterocycles. The van der Waals surface area contributed by atoms with Gasteiger partial charge in [0.2, 0.25) is 5.91 Å². The largest absolute Gasteiger partial charge is 0.480 e. The van der Waals surface area contributed by atoms with E-state index in [9.17, 15) is 9.59 Å². The number of carboxylic acid groups (broad SMARTS) is 1. The molecule has 0 aromatic heterocycles. The fraction of sp³-hybridized carbons (Fsp3) is 0.364. The Morgan fingerprint density at radius 2 is 1.77 bits per heavy atom. The van der Waals surface area contributed by atoms with Crippen LogP contribution in [0.15, 0.2) is 54.6 Å². The minimum atomic E-state index is -1.01. The maximum Gasteiger partial charge on any atom is 0.329 e. The first-order valence-electron chi connectivity index (χ1n) is 9.83.